The minimum absolute atomic E-state index is 0.0771. The first-order valence-electron chi connectivity index (χ1n) is 13.9. The predicted molar refractivity (Wildman–Crippen MR) is 158 cm³/mol. The van der Waals surface area contributed by atoms with Crippen LogP contribution in [-0.4, -0.2) is 24.0 Å². The average molecular weight is 537 g/mol. The number of aromatic nitrogens is 1. The Hall–Kier alpha value is -4.19. The van der Waals surface area contributed by atoms with Crippen LogP contribution in [0.25, 0.3) is 10.8 Å². The van der Waals surface area contributed by atoms with E-state index >= 15 is 0 Å². The summed E-state index contributed by atoms with van der Waals surface area (Å²) in [5.74, 6) is 1.17. The van der Waals surface area contributed by atoms with Crippen molar-refractivity contribution in [2.75, 3.05) is 12.4 Å². The second-order valence-electron chi connectivity index (χ2n) is 11.6. The fraction of sp³-hybridized carbons (Fsp3) is 0.324. The van der Waals surface area contributed by atoms with Gasteiger partial charge >= 0.3 is 5.97 Å². The zero-order chi connectivity index (χ0) is 28.3. The molecular weight excluding hydrogens is 500 g/mol. The molecule has 0 unspecified atom stereocenters. The topological polar surface area (TPSA) is 77.5 Å². The smallest absolute Gasteiger partial charge is 0.339 e. The molecule has 0 spiro atoms. The summed E-state index contributed by atoms with van der Waals surface area (Å²) in [5.41, 5.74) is 3.22. The average Bonchev–Trinajstić information content (AvgIpc) is 3.46. The lowest BCUT2D eigenvalue weighted by Crippen LogP contribution is -2.17. The second-order valence-corrected chi connectivity index (χ2v) is 11.6. The highest BCUT2D eigenvalue weighted by Gasteiger charge is 2.21. The number of fused-ring (bicyclic) bond motifs is 1. The van der Waals surface area contributed by atoms with Crippen LogP contribution in [0.4, 0.5) is 5.69 Å². The van der Waals surface area contributed by atoms with Crippen LogP contribution in [0.5, 0.6) is 11.5 Å². The van der Waals surface area contributed by atoms with Crippen LogP contribution in [-0.2, 0) is 16.6 Å². The molecule has 0 radical (unpaired) electrons. The molecule has 1 heterocycles. The molecule has 1 amide bonds. The first kappa shape index (κ1) is 27.4. The largest absolute Gasteiger partial charge is 0.465 e. The maximum absolute atomic E-state index is 13.4. The van der Waals surface area contributed by atoms with Gasteiger partial charge in [-0.1, -0.05) is 76.8 Å². The van der Waals surface area contributed by atoms with Gasteiger partial charge in [0.2, 0.25) is 0 Å². The van der Waals surface area contributed by atoms with Crippen molar-refractivity contribution in [1.29, 1.82) is 0 Å². The maximum Gasteiger partial charge on any atom is 0.339 e. The molecule has 1 N–H and O–H groups in total. The Balaban J connectivity index is 1.46. The van der Waals surface area contributed by atoms with Crippen molar-refractivity contribution < 1.29 is 19.1 Å². The Morgan fingerprint density at radius 3 is 2.33 bits per heavy atom. The molecule has 1 fully saturated rings. The molecule has 6 heteroatoms. The zero-order valence-corrected chi connectivity index (χ0v) is 23.6. The number of methoxy groups -OCH3 is 1. The van der Waals surface area contributed by atoms with E-state index in [1.807, 2.05) is 30.3 Å². The summed E-state index contributed by atoms with van der Waals surface area (Å²) < 4.78 is 11.1. The van der Waals surface area contributed by atoms with E-state index in [4.69, 9.17) is 14.5 Å². The molecule has 0 bridgehead atoms. The molecule has 206 valence electrons. The third-order valence-electron chi connectivity index (χ3n) is 7.61. The van der Waals surface area contributed by atoms with Crippen LogP contribution in [0.1, 0.15) is 78.6 Å². The first-order chi connectivity index (χ1) is 19.2. The summed E-state index contributed by atoms with van der Waals surface area (Å²) in [7, 11) is 1.32. The molecule has 3 aromatic carbocycles. The van der Waals surface area contributed by atoms with E-state index in [0.717, 1.165) is 34.4 Å². The van der Waals surface area contributed by atoms with Gasteiger partial charge in [0, 0.05) is 11.1 Å². The van der Waals surface area contributed by atoms with E-state index in [9.17, 15) is 9.59 Å². The summed E-state index contributed by atoms with van der Waals surface area (Å²) in [4.78, 5) is 30.4. The number of para-hydroxylation sites is 1. The van der Waals surface area contributed by atoms with E-state index in [1.54, 1.807) is 30.3 Å². The quantitative estimate of drug-likeness (QED) is 0.242. The van der Waals surface area contributed by atoms with E-state index in [-0.39, 0.29) is 11.3 Å². The van der Waals surface area contributed by atoms with Crippen molar-refractivity contribution >= 4 is 28.3 Å². The Bertz CT molecular complexity index is 1530. The summed E-state index contributed by atoms with van der Waals surface area (Å²) in [6.07, 6.45) is 5.60. The summed E-state index contributed by atoms with van der Waals surface area (Å²) >= 11 is 0. The van der Waals surface area contributed by atoms with E-state index < -0.39 is 5.97 Å². The number of rotatable bonds is 7. The number of anilines is 1. The highest BCUT2D eigenvalue weighted by Crippen LogP contribution is 2.33. The normalized spacial score (nSPS) is 13.8. The van der Waals surface area contributed by atoms with Crippen LogP contribution in [0.15, 0.2) is 72.8 Å². The third kappa shape index (κ3) is 6.17. The fourth-order valence-electron chi connectivity index (χ4n) is 5.35. The molecule has 4 aromatic rings. The molecule has 1 aromatic heterocycles. The Kier molecular flexibility index (Phi) is 7.88. The van der Waals surface area contributed by atoms with E-state index in [0.29, 0.717) is 22.9 Å². The lowest BCUT2D eigenvalue weighted by molar-refractivity contribution is 0.0602. The Labute approximate surface area is 235 Å². The predicted octanol–water partition coefficient (Wildman–Crippen LogP) is 8.10. The molecule has 0 aliphatic heterocycles. The van der Waals surface area contributed by atoms with Gasteiger partial charge in [0.25, 0.3) is 5.91 Å². The molecule has 6 nitrogen and oxygen atoms in total. The van der Waals surface area contributed by atoms with Gasteiger partial charge in [-0.3, -0.25) is 4.79 Å². The monoisotopic (exact) mass is 536 g/mol. The molecular formula is C34H36N2O4. The summed E-state index contributed by atoms with van der Waals surface area (Å²) in [6.45, 7) is 6.58. The van der Waals surface area contributed by atoms with Crippen molar-refractivity contribution in [1.82, 2.24) is 4.98 Å². The fourth-order valence-corrected chi connectivity index (χ4v) is 5.35. The highest BCUT2D eigenvalue weighted by molar-refractivity contribution is 6.08. The number of carbonyl (C=O) groups excluding carboxylic acids is 2. The van der Waals surface area contributed by atoms with Gasteiger partial charge in [0.15, 0.2) is 0 Å². The minimum atomic E-state index is -0.509. The molecule has 1 saturated carbocycles. The molecule has 0 atom stereocenters. The van der Waals surface area contributed by atoms with Crippen LogP contribution in [0.3, 0.4) is 0 Å². The van der Waals surface area contributed by atoms with Gasteiger partial charge in [-0.2, -0.15) is 0 Å². The van der Waals surface area contributed by atoms with Gasteiger partial charge in [-0.05, 0) is 71.2 Å². The first-order valence-corrected chi connectivity index (χ1v) is 13.9. The van der Waals surface area contributed by atoms with Crippen LogP contribution < -0.4 is 10.1 Å². The standard InChI is InChI=1S/C34H36N2O4/c1-34(2,3)24-14-17-25(18-15-24)40-26-16-13-23-20-31(35-30(28(23)21-26)19-22-9-5-6-10-22)32(37)36-29-12-8-7-11-27(29)33(38)39-4/h7-8,11-18,20-22H,5-6,9-10,19H2,1-4H3,(H,36,37). The third-order valence-corrected chi connectivity index (χ3v) is 7.61. The lowest BCUT2D eigenvalue weighted by Gasteiger charge is -2.19. The van der Waals surface area contributed by atoms with E-state index in [2.05, 4.69) is 38.2 Å². The Morgan fingerprint density at radius 1 is 0.925 bits per heavy atom. The van der Waals surface area contributed by atoms with Crippen molar-refractivity contribution in [3.8, 4) is 11.5 Å². The van der Waals surface area contributed by atoms with Gasteiger partial charge in [0.1, 0.15) is 17.2 Å². The zero-order valence-electron chi connectivity index (χ0n) is 23.6. The van der Waals surface area contributed by atoms with Crippen LogP contribution >= 0.6 is 0 Å². The lowest BCUT2D eigenvalue weighted by atomic mass is 9.87. The number of benzene rings is 3. The number of hydrogen-bond acceptors (Lipinski definition) is 5. The molecule has 1 aliphatic carbocycles. The number of pyridine rings is 1. The summed E-state index contributed by atoms with van der Waals surface area (Å²) in [5, 5.41) is 4.77. The number of ether oxygens (including phenoxy) is 2. The second kappa shape index (κ2) is 11.5. The SMILES string of the molecule is COC(=O)c1ccccc1NC(=O)c1cc2ccc(Oc3ccc(C(C)(C)C)cc3)cc2c(CC2CCCC2)n1. The maximum atomic E-state index is 13.4. The number of nitrogens with one attached hydrogen (secondary N) is 1. The van der Waals surface area contributed by atoms with Crippen molar-refractivity contribution in [2.45, 2.75) is 58.3 Å². The molecule has 40 heavy (non-hydrogen) atoms. The number of hydrogen-bond donors (Lipinski definition) is 1. The number of esters is 1. The van der Waals surface area contributed by atoms with Gasteiger partial charge in [-0.15, -0.1) is 0 Å². The van der Waals surface area contributed by atoms with Gasteiger partial charge in [0.05, 0.1) is 18.4 Å². The number of nitrogens with zero attached hydrogens (tertiary/aromatic N) is 1. The van der Waals surface area contributed by atoms with Gasteiger partial charge < -0.3 is 14.8 Å². The van der Waals surface area contributed by atoms with E-state index in [1.165, 1.54) is 38.4 Å². The van der Waals surface area contributed by atoms with Crippen molar-refractivity contribution in [3.63, 3.8) is 0 Å². The molecule has 0 saturated heterocycles. The minimum Gasteiger partial charge on any atom is -0.465 e. The summed E-state index contributed by atoms with van der Waals surface area (Å²) in [6, 6.07) is 22.7. The Morgan fingerprint density at radius 2 is 1.62 bits per heavy atom. The highest BCUT2D eigenvalue weighted by atomic mass is 16.5. The molecule has 1 aliphatic rings. The number of amides is 1. The van der Waals surface area contributed by atoms with Crippen molar-refractivity contribution in [2.24, 2.45) is 5.92 Å². The molecule has 5 rings (SSSR count). The van der Waals surface area contributed by atoms with Crippen LogP contribution in [0.2, 0.25) is 0 Å². The van der Waals surface area contributed by atoms with Crippen molar-refractivity contribution in [3.05, 3.63) is 95.3 Å². The van der Waals surface area contributed by atoms with Crippen LogP contribution in [0, 0.1) is 5.92 Å². The van der Waals surface area contributed by atoms with Gasteiger partial charge in [-0.25, -0.2) is 9.78 Å². The number of carbonyl (C=O) groups is 2.